The van der Waals surface area contributed by atoms with Gasteiger partial charge >= 0.3 is 6.03 Å². The van der Waals surface area contributed by atoms with Crippen molar-refractivity contribution in [3.05, 3.63) is 38.5 Å². The van der Waals surface area contributed by atoms with Gasteiger partial charge in [-0.25, -0.2) is 9.78 Å². The summed E-state index contributed by atoms with van der Waals surface area (Å²) in [4.78, 5) is 18.6. The lowest BCUT2D eigenvalue weighted by atomic mass is 10.1. The first kappa shape index (κ1) is 16.9. The van der Waals surface area contributed by atoms with Gasteiger partial charge in [0.1, 0.15) is 5.01 Å². The second-order valence-electron chi connectivity index (χ2n) is 5.44. The number of rotatable bonds is 6. The molecule has 2 atom stereocenters. The van der Waals surface area contributed by atoms with Crippen LogP contribution < -0.4 is 10.6 Å². The second-order valence-corrected chi connectivity index (χ2v) is 7.11. The summed E-state index contributed by atoms with van der Waals surface area (Å²) < 4.78 is 0. The summed E-state index contributed by atoms with van der Waals surface area (Å²) in [5.74, 6) is 0. The molecule has 2 amide bonds. The first-order chi connectivity index (χ1) is 10.5. The molecule has 0 aliphatic carbocycles. The topological polar surface area (TPSA) is 57.3 Å². The molecule has 2 heterocycles. The van der Waals surface area contributed by atoms with Crippen molar-refractivity contribution < 1.29 is 4.79 Å². The van der Waals surface area contributed by atoms with Crippen LogP contribution in [-0.2, 0) is 0 Å². The summed E-state index contributed by atoms with van der Waals surface area (Å²) in [6.07, 6.45) is 0. The minimum atomic E-state index is -0.164. The summed E-state index contributed by atoms with van der Waals surface area (Å²) >= 11 is 3.23. The van der Waals surface area contributed by atoms with E-state index < -0.39 is 0 Å². The van der Waals surface area contributed by atoms with Crippen molar-refractivity contribution in [3.63, 3.8) is 0 Å². The van der Waals surface area contributed by atoms with Gasteiger partial charge in [-0.05, 0) is 50.3 Å². The fourth-order valence-corrected chi connectivity index (χ4v) is 3.64. The normalized spacial score (nSPS) is 13.9. The fourth-order valence-electron chi connectivity index (χ4n) is 2.13. The molecule has 0 aliphatic heterocycles. The van der Waals surface area contributed by atoms with Crippen molar-refractivity contribution in [2.75, 3.05) is 20.6 Å². The number of hydrogen-bond acceptors (Lipinski definition) is 5. The third-order valence-corrected chi connectivity index (χ3v) is 5.21. The van der Waals surface area contributed by atoms with Crippen LogP contribution in [0.15, 0.2) is 22.2 Å². The SMILES string of the molecule is Cc1csc([C@@H](C)NC(=O)NC[C@@H](c2ccsc2)N(C)C)n1. The number of nitrogens with one attached hydrogen (secondary N) is 2. The van der Waals surface area contributed by atoms with Crippen LogP contribution >= 0.6 is 22.7 Å². The van der Waals surface area contributed by atoms with E-state index in [0.29, 0.717) is 6.54 Å². The largest absolute Gasteiger partial charge is 0.336 e. The summed E-state index contributed by atoms with van der Waals surface area (Å²) in [5, 5.41) is 13.0. The molecule has 0 spiro atoms. The van der Waals surface area contributed by atoms with Crippen molar-refractivity contribution >= 4 is 28.7 Å². The van der Waals surface area contributed by atoms with E-state index in [9.17, 15) is 4.79 Å². The zero-order chi connectivity index (χ0) is 16.1. The molecule has 0 fully saturated rings. The lowest BCUT2D eigenvalue weighted by Crippen LogP contribution is -2.41. The minimum absolute atomic E-state index is 0.0855. The van der Waals surface area contributed by atoms with Gasteiger partial charge in [-0.2, -0.15) is 11.3 Å². The maximum Gasteiger partial charge on any atom is 0.315 e. The average molecular weight is 339 g/mol. The van der Waals surface area contributed by atoms with Gasteiger partial charge in [-0.1, -0.05) is 0 Å². The first-order valence-electron chi connectivity index (χ1n) is 7.12. The van der Waals surface area contributed by atoms with E-state index in [4.69, 9.17) is 0 Å². The molecule has 0 bridgehead atoms. The molecule has 120 valence electrons. The van der Waals surface area contributed by atoms with Gasteiger partial charge in [-0.3, -0.25) is 0 Å². The Morgan fingerprint density at radius 1 is 1.41 bits per heavy atom. The number of carbonyl (C=O) groups is 1. The van der Waals surface area contributed by atoms with Crippen molar-refractivity contribution in [2.45, 2.75) is 25.9 Å². The van der Waals surface area contributed by atoms with E-state index in [1.165, 1.54) is 5.56 Å². The molecule has 0 unspecified atom stereocenters. The summed E-state index contributed by atoms with van der Waals surface area (Å²) in [6.45, 7) is 4.47. The van der Waals surface area contributed by atoms with Gasteiger partial charge in [0.05, 0.1) is 12.1 Å². The van der Waals surface area contributed by atoms with Crippen LogP contribution in [0.4, 0.5) is 4.79 Å². The predicted octanol–water partition coefficient (Wildman–Crippen LogP) is 3.18. The molecular formula is C15H22N4OS2. The lowest BCUT2D eigenvalue weighted by Gasteiger charge is -2.24. The third kappa shape index (κ3) is 4.53. The predicted molar refractivity (Wildman–Crippen MR) is 92.5 cm³/mol. The van der Waals surface area contributed by atoms with E-state index in [1.54, 1.807) is 22.7 Å². The van der Waals surface area contributed by atoms with E-state index in [2.05, 4.69) is 37.3 Å². The molecule has 0 aromatic carbocycles. The second kappa shape index (κ2) is 7.71. The molecular weight excluding hydrogens is 316 g/mol. The van der Waals surface area contributed by atoms with Gasteiger partial charge in [-0.15, -0.1) is 11.3 Å². The van der Waals surface area contributed by atoms with Gasteiger partial charge in [0.25, 0.3) is 0 Å². The highest BCUT2D eigenvalue weighted by atomic mass is 32.1. The van der Waals surface area contributed by atoms with Crippen molar-refractivity contribution in [2.24, 2.45) is 0 Å². The molecule has 2 rings (SSSR count). The van der Waals surface area contributed by atoms with Crippen LogP contribution in [0.3, 0.4) is 0 Å². The van der Waals surface area contributed by atoms with Crippen molar-refractivity contribution in [3.8, 4) is 0 Å². The van der Waals surface area contributed by atoms with Crippen LogP contribution in [0.2, 0.25) is 0 Å². The number of hydrogen-bond donors (Lipinski definition) is 2. The molecule has 7 heteroatoms. The van der Waals surface area contributed by atoms with E-state index >= 15 is 0 Å². The van der Waals surface area contributed by atoms with Crippen molar-refractivity contribution in [1.29, 1.82) is 0 Å². The maximum atomic E-state index is 12.1. The molecule has 0 saturated heterocycles. The third-order valence-electron chi connectivity index (χ3n) is 3.36. The lowest BCUT2D eigenvalue weighted by molar-refractivity contribution is 0.230. The number of nitrogens with zero attached hydrogens (tertiary/aromatic N) is 2. The molecule has 2 N–H and O–H groups in total. The summed E-state index contributed by atoms with van der Waals surface area (Å²) in [7, 11) is 4.03. The Labute approximate surface area is 139 Å². The van der Waals surface area contributed by atoms with Gasteiger partial charge in [0, 0.05) is 17.6 Å². The number of aryl methyl sites for hydroxylation is 1. The smallest absolute Gasteiger partial charge is 0.315 e. The van der Waals surface area contributed by atoms with Crippen LogP contribution in [0.1, 0.15) is 35.3 Å². The zero-order valence-corrected chi connectivity index (χ0v) is 14.9. The van der Waals surface area contributed by atoms with E-state index in [1.807, 2.05) is 33.3 Å². The highest BCUT2D eigenvalue weighted by molar-refractivity contribution is 7.09. The zero-order valence-electron chi connectivity index (χ0n) is 13.3. The monoisotopic (exact) mass is 338 g/mol. The Hall–Kier alpha value is -1.44. The van der Waals surface area contributed by atoms with Gasteiger partial charge in [0.2, 0.25) is 0 Å². The van der Waals surface area contributed by atoms with E-state index in [0.717, 1.165) is 10.7 Å². The Morgan fingerprint density at radius 2 is 2.18 bits per heavy atom. The van der Waals surface area contributed by atoms with Crippen LogP contribution in [0.25, 0.3) is 0 Å². The Kier molecular flexibility index (Phi) is 5.93. The number of carbonyl (C=O) groups excluding carboxylic acids is 1. The first-order valence-corrected chi connectivity index (χ1v) is 8.94. The van der Waals surface area contributed by atoms with Gasteiger partial charge in [0.15, 0.2) is 0 Å². The minimum Gasteiger partial charge on any atom is -0.336 e. The summed E-state index contributed by atoms with van der Waals surface area (Å²) in [6, 6.07) is 2.02. The Morgan fingerprint density at radius 3 is 2.73 bits per heavy atom. The molecule has 0 saturated carbocycles. The van der Waals surface area contributed by atoms with Crippen LogP contribution in [-0.4, -0.2) is 36.6 Å². The maximum absolute atomic E-state index is 12.1. The molecule has 0 radical (unpaired) electrons. The number of thiazole rings is 1. The average Bonchev–Trinajstić information content (AvgIpc) is 3.10. The summed E-state index contributed by atoms with van der Waals surface area (Å²) in [5.41, 5.74) is 2.21. The van der Waals surface area contributed by atoms with Crippen molar-refractivity contribution in [1.82, 2.24) is 20.5 Å². The van der Waals surface area contributed by atoms with Gasteiger partial charge < -0.3 is 15.5 Å². The Balaban J connectivity index is 1.86. The van der Waals surface area contributed by atoms with Crippen LogP contribution in [0, 0.1) is 6.92 Å². The molecule has 22 heavy (non-hydrogen) atoms. The molecule has 2 aromatic heterocycles. The highest BCUT2D eigenvalue weighted by Gasteiger charge is 2.17. The number of amides is 2. The number of likely N-dealkylation sites (N-methyl/N-ethyl adjacent to an activating group) is 1. The standard InChI is InChI=1S/C15H22N4OS2/c1-10-8-22-14(17-10)11(2)18-15(20)16-7-13(19(3)4)12-5-6-21-9-12/h5-6,8-9,11,13H,7H2,1-4H3,(H2,16,18,20)/t11-,13+/m1/s1. The number of thiophene rings is 1. The number of aromatic nitrogens is 1. The molecule has 0 aliphatic rings. The number of urea groups is 1. The van der Waals surface area contributed by atoms with Crippen LogP contribution in [0.5, 0.6) is 0 Å². The molecule has 5 nitrogen and oxygen atoms in total. The van der Waals surface area contributed by atoms with E-state index in [-0.39, 0.29) is 18.1 Å². The highest BCUT2D eigenvalue weighted by Crippen LogP contribution is 2.20. The quantitative estimate of drug-likeness (QED) is 0.850. The Bertz CT molecular complexity index is 594. The fraction of sp³-hybridized carbons (Fsp3) is 0.467. The molecule has 2 aromatic rings.